The van der Waals surface area contributed by atoms with E-state index in [0.29, 0.717) is 0 Å². The Bertz CT molecular complexity index is 543. The summed E-state index contributed by atoms with van der Waals surface area (Å²) >= 11 is 0. The van der Waals surface area contributed by atoms with E-state index in [9.17, 15) is 9.90 Å². The zero-order valence-corrected chi connectivity index (χ0v) is 14.0. The molecule has 1 heterocycles. The van der Waals surface area contributed by atoms with Gasteiger partial charge in [0.05, 0.1) is 5.41 Å². The van der Waals surface area contributed by atoms with Crippen LogP contribution in [0.25, 0.3) is 0 Å². The standard InChI is InChI=1S/C19H27NO3/c1-20-12-8-16(9-13-20)23-17-7-5-6-15(14-17)19(18(21)22)10-3-2-4-11-19/h5-7,14,16H,2-4,8-13H2,1H3,(H,21,22). The van der Waals surface area contributed by atoms with Crippen LogP contribution >= 0.6 is 0 Å². The Morgan fingerprint density at radius 3 is 2.57 bits per heavy atom. The van der Waals surface area contributed by atoms with Gasteiger partial charge >= 0.3 is 5.97 Å². The van der Waals surface area contributed by atoms with E-state index in [1.807, 2.05) is 24.3 Å². The Kier molecular flexibility index (Phi) is 4.90. The molecule has 1 aromatic carbocycles. The van der Waals surface area contributed by atoms with E-state index in [-0.39, 0.29) is 6.10 Å². The van der Waals surface area contributed by atoms with Crippen molar-refractivity contribution in [2.24, 2.45) is 0 Å². The lowest BCUT2D eigenvalue weighted by atomic mass is 9.69. The van der Waals surface area contributed by atoms with Crippen LogP contribution in [0.2, 0.25) is 0 Å². The third kappa shape index (κ3) is 3.52. The number of hydrogen-bond acceptors (Lipinski definition) is 3. The van der Waals surface area contributed by atoms with E-state index >= 15 is 0 Å². The van der Waals surface area contributed by atoms with Crippen molar-refractivity contribution in [3.8, 4) is 5.75 Å². The summed E-state index contributed by atoms with van der Waals surface area (Å²) in [6, 6.07) is 7.83. The van der Waals surface area contributed by atoms with E-state index in [0.717, 1.165) is 69.3 Å². The molecule has 2 fully saturated rings. The second kappa shape index (κ2) is 6.91. The first-order valence-corrected chi connectivity index (χ1v) is 8.79. The number of benzene rings is 1. The van der Waals surface area contributed by atoms with Gasteiger partial charge in [-0.05, 0) is 50.4 Å². The van der Waals surface area contributed by atoms with Crippen LogP contribution in [0.1, 0.15) is 50.5 Å². The minimum Gasteiger partial charge on any atom is -0.490 e. The lowest BCUT2D eigenvalue weighted by Gasteiger charge is -2.34. The first-order valence-electron chi connectivity index (χ1n) is 8.79. The van der Waals surface area contributed by atoms with Gasteiger partial charge in [-0.25, -0.2) is 0 Å². The van der Waals surface area contributed by atoms with Crippen molar-refractivity contribution in [3.05, 3.63) is 29.8 Å². The van der Waals surface area contributed by atoms with Crippen LogP contribution in [0.15, 0.2) is 24.3 Å². The maximum absolute atomic E-state index is 12.0. The van der Waals surface area contributed by atoms with Crippen LogP contribution in [0.4, 0.5) is 0 Å². The van der Waals surface area contributed by atoms with Crippen molar-refractivity contribution in [2.45, 2.75) is 56.5 Å². The van der Waals surface area contributed by atoms with Gasteiger partial charge < -0.3 is 14.7 Å². The molecule has 1 aliphatic carbocycles. The van der Waals surface area contributed by atoms with Crippen LogP contribution < -0.4 is 4.74 Å². The molecular weight excluding hydrogens is 290 g/mol. The van der Waals surface area contributed by atoms with Crippen molar-refractivity contribution in [1.82, 2.24) is 4.90 Å². The van der Waals surface area contributed by atoms with Crippen LogP contribution in [0.3, 0.4) is 0 Å². The molecule has 0 atom stereocenters. The van der Waals surface area contributed by atoms with Gasteiger partial charge in [0, 0.05) is 13.1 Å². The number of hydrogen-bond donors (Lipinski definition) is 1. The molecule has 126 valence electrons. The number of carbonyl (C=O) groups is 1. The van der Waals surface area contributed by atoms with Crippen molar-refractivity contribution in [2.75, 3.05) is 20.1 Å². The highest BCUT2D eigenvalue weighted by Gasteiger charge is 2.41. The topological polar surface area (TPSA) is 49.8 Å². The molecule has 0 amide bonds. The van der Waals surface area contributed by atoms with Gasteiger partial charge in [0.25, 0.3) is 0 Å². The normalized spacial score (nSPS) is 22.7. The van der Waals surface area contributed by atoms with Crippen LogP contribution in [-0.2, 0) is 10.2 Å². The van der Waals surface area contributed by atoms with E-state index < -0.39 is 11.4 Å². The van der Waals surface area contributed by atoms with E-state index in [4.69, 9.17) is 4.74 Å². The molecule has 1 saturated heterocycles. The molecule has 23 heavy (non-hydrogen) atoms. The van der Waals surface area contributed by atoms with Crippen molar-refractivity contribution in [3.63, 3.8) is 0 Å². The average molecular weight is 317 g/mol. The summed E-state index contributed by atoms with van der Waals surface area (Å²) in [6.45, 7) is 2.12. The van der Waals surface area contributed by atoms with E-state index in [1.165, 1.54) is 0 Å². The largest absolute Gasteiger partial charge is 0.490 e. The molecule has 0 spiro atoms. The summed E-state index contributed by atoms with van der Waals surface area (Å²) in [6.07, 6.45) is 6.91. The Morgan fingerprint density at radius 2 is 1.91 bits per heavy atom. The zero-order valence-electron chi connectivity index (χ0n) is 14.0. The molecule has 1 N–H and O–H groups in total. The molecule has 4 nitrogen and oxygen atoms in total. The molecule has 0 aromatic heterocycles. The number of carboxylic acids is 1. The molecule has 2 aliphatic rings. The smallest absolute Gasteiger partial charge is 0.314 e. The molecule has 0 unspecified atom stereocenters. The minimum absolute atomic E-state index is 0.244. The molecule has 0 bridgehead atoms. The summed E-state index contributed by atoms with van der Waals surface area (Å²) in [5, 5.41) is 9.84. The minimum atomic E-state index is -0.718. The number of aliphatic carboxylic acids is 1. The predicted octanol–water partition coefficient (Wildman–Crippen LogP) is 3.45. The highest BCUT2D eigenvalue weighted by atomic mass is 16.5. The Balaban J connectivity index is 1.77. The third-order valence-corrected chi connectivity index (χ3v) is 5.47. The number of nitrogens with zero attached hydrogens (tertiary/aromatic N) is 1. The quantitative estimate of drug-likeness (QED) is 0.924. The molecule has 1 saturated carbocycles. The Hall–Kier alpha value is -1.55. The van der Waals surface area contributed by atoms with Crippen molar-refractivity contribution in [1.29, 1.82) is 0 Å². The second-order valence-corrected chi connectivity index (χ2v) is 7.10. The molecule has 1 aromatic rings. The lowest BCUT2D eigenvalue weighted by Crippen LogP contribution is -2.38. The van der Waals surface area contributed by atoms with Crippen LogP contribution in [0.5, 0.6) is 5.75 Å². The monoisotopic (exact) mass is 317 g/mol. The molecular formula is C19H27NO3. The number of piperidine rings is 1. The van der Waals surface area contributed by atoms with Gasteiger partial charge in [-0.15, -0.1) is 0 Å². The van der Waals surface area contributed by atoms with Crippen LogP contribution in [0, 0.1) is 0 Å². The van der Waals surface area contributed by atoms with Gasteiger partial charge in [0.15, 0.2) is 0 Å². The number of carboxylic acid groups (broad SMARTS) is 1. The number of likely N-dealkylation sites (tertiary alicyclic amines) is 1. The Labute approximate surface area is 138 Å². The second-order valence-electron chi connectivity index (χ2n) is 7.10. The van der Waals surface area contributed by atoms with Gasteiger partial charge in [0.1, 0.15) is 11.9 Å². The highest BCUT2D eigenvalue weighted by Crippen LogP contribution is 2.40. The average Bonchev–Trinajstić information content (AvgIpc) is 2.58. The number of ether oxygens (including phenoxy) is 1. The van der Waals surface area contributed by atoms with Gasteiger partial charge in [-0.1, -0.05) is 31.4 Å². The van der Waals surface area contributed by atoms with Crippen LogP contribution in [-0.4, -0.2) is 42.2 Å². The van der Waals surface area contributed by atoms with Gasteiger partial charge in [-0.3, -0.25) is 4.79 Å². The Morgan fingerprint density at radius 1 is 1.22 bits per heavy atom. The maximum Gasteiger partial charge on any atom is 0.314 e. The summed E-state index contributed by atoms with van der Waals surface area (Å²) in [4.78, 5) is 14.3. The molecule has 0 radical (unpaired) electrons. The summed E-state index contributed by atoms with van der Waals surface area (Å²) in [5.74, 6) is 0.136. The fourth-order valence-electron chi connectivity index (χ4n) is 3.94. The fourth-order valence-corrected chi connectivity index (χ4v) is 3.94. The maximum atomic E-state index is 12.0. The SMILES string of the molecule is CN1CCC(Oc2cccc(C3(C(=O)O)CCCCC3)c2)CC1. The first kappa shape index (κ1) is 16.3. The van der Waals surface area contributed by atoms with E-state index in [2.05, 4.69) is 11.9 Å². The van der Waals surface area contributed by atoms with Gasteiger partial charge in [0.2, 0.25) is 0 Å². The number of rotatable bonds is 4. The summed E-state index contributed by atoms with van der Waals surface area (Å²) in [5.41, 5.74) is 0.194. The van der Waals surface area contributed by atoms with Crippen molar-refractivity contribution < 1.29 is 14.6 Å². The molecule has 4 heteroatoms. The fraction of sp³-hybridized carbons (Fsp3) is 0.632. The summed E-state index contributed by atoms with van der Waals surface area (Å²) < 4.78 is 6.14. The first-order chi connectivity index (χ1) is 11.1. The summed E-state index contributed by atoms with van der Waals surface area (Å²) in [7, 11) is 2.14. The highest BCUT2D eigenvalue weighted by molar-refractivity contribution is 5.81. The zero-order chi connectivity index (χ0) is 16.3. The van der Waals surface area contributed by atoms with Gasteiger partial charge in [-0.2, -0.15) is 0 Å². The lowest BCUT2D eigenvalue weighted by molar-refractivity contribution is -0.145. The third-order valence-electron chi connectivity index (χ3n) is 5.47. The van der Waals surface area contributed by atoms with Crippen molar-refractivity contribution >= 4 is 5.97 Å². The molecule has 3 rings (SSSR count). The van der Waals surface area contributed by atoms with E-state index in [1.54, 1.807) is 0 Å². The predicted molar refractivity (Wildman–Crippen MR) is 90.0 cm³/mol. The molecule has 1 aliphatic heterocycles.